The Morgan fingerprint density at radius 2 is 1.97 bits per heavy atom. The lowest BCUT2D eigenvalue weighted by Crippen LogP contribution is -2.65. The first kappa shape index (κ1) is 23.5. The van der Waals surface area contributed by atoms with E-state index in [4.69, 9.17) is 9.47 Å². The third-order valence-corrected chi connectivity index (χ3v) is 7.26. The van der Waals surface area contributed by atoms with E-state index in [2.05, 4.69) is 21.6 Å². The smallest absolute Gasteiger partial charge is 0.226 e. The zero-order valence-corrected chi connectivity index (χ0v) is 19.7. The first-order valence-corrected chi connectivity index (χ1v) is 11.8. The van der Waals surface area contributed by atoms with Crippen LogP contribution in [0.1, 0.15) is 36.4 Å². The van der Waals surface area contributed by atoms with Crippen LogP contribution in [0, 0.1) is 17.7 Å². The molecule has 0 bridgehead atoms. The molecule has 2 aromatic rings. The molecule has 2 heterocycles. The number of rotatable bonds is 6. The van der Waals surface area contributed by atoms with E-state index in [1.807, 2.05) is 29.3 Å². The molecule has 10 heteroatoms. The molecular formula is C25H30FN5O4. The molecule has 0 aromatic heterocycles. The van der Waals surface area contributed by atoms with Crippen LogP contribution in [-0.4, -0.2) is 43.3 Å². The Hall–Kier alpha value is -3.21. The molecule has 186 valence electrons. The van der Waals surface area contributed by atoms with Gasteiger partial charge in [0.1, 0.15) is 12.0 Å². The maximum atomic E-state index is 13.8. The first-order chi connectivity index (χ1) is 17.0. The third kappa shape index (κ3) is 4.56. The number of nitrogens with zero attached hydrogens (tertiary/aromatic N) is 1. The number of carbonyl (C=O) groups is 2. The van der Waals surface area contributed by atoms with Crippen LogP contribution in [0.15, 0.2) is 42.5 Å². The maximum absolute atomic E-state index is 13.8. The van der Waals surface area contributed by atoms with Crippen molar-refractivity contribution in [1.82, 2.24) is 26.6 Å². The van der Waals surface area contributed by atoms with Crippen LogP contribution >= 0.6 is 0 Å². The van der Waals surface area contributed by atoms with E-state index in [1.165, 1.54) is 12.1 Å². The average Bonchev–Trinajstić information content (AvgIpc) is 3.30. The standard InChI is InChI=1S/C25H30FN5O4/c1-34-20-9-6-14(10-21(20)35-2)13-27-24(32)16-7-8-18-19(12-16)31-23(28-25(18)33)22(29-30-31)15-4-3-5-17(26)11-15/h3-6,9-11,16,18-19,22-23,29-30H,7-8,12-13H2,1-2H3,(H,27,32)(H,28,33). The summed E-state index contributed by atoms with van der Waals surface area (Å²) >= 11 is 0. The number of methoxy groups -OCH3 is 2. The highest BCUT2D eigenvalue weighted by molar-refractivity contribution is 5.83. The van der Waals surface area contributed by atoms with E-state index in [9.17, 15) is 14.0 Å². The van der Waals surface area contributed by atoms with Crippen molar-refractivity contribution < 1.29 is 23.5 Å². The summed E-state index contributed by atoms with van der Waals surface area (Å²) in [6, 6.07) is 11.4. The van der Waals surface area contributed by atoms with Gasteiger partial charge < -0.3 is 20.1 Å². The molecule has 2 amide bonds. The second-order valence-electron chi connectivity index (χ2n) is 9.24. The molecule has 9 nitrogen and oxygen atoms in total. The molecule has 1 aliphatic carbocycles. The Labute approximate surface area is 203 Å². The minimum atomic E-state index is -0.376. The Morgan fingerprint density at radius 3 is 2.74 bits per heavy atom. The molecule has 2 saturated heterocycles. The van der Waals surface area contributed by atoms with Crippen molar-refractivity contribution in [3.05, 3.63) is 59.4 Å². The van der Waals surface area contributed by atoms with Gasteiger partial charge in [-0.2, -0.15) is 5.53 Å². The Balaban J connectivity index is 1.25. The number of hydrogen-bond donors (Lipinski definition) is 4. The molecule has 35 heavy (non-hydrogen) atoms. The van der Waals surface area contributed by atoms with Crippen molar-refractivity contribution in [1.29, 1.82) is 0 Å². The SMILES string of the molecule is COc1ccc(CNC(=O)C2CCC3C(=O)NC4C(c5cccc(F)c5)NNN4C3C2)cc1OC. The number of hydrazine groups is 2. The molecule has 5 atom stereocenters. The summed E-state index contributed by atoms with van der Waals surface area (Å²) in [5.41, 5.74) is 8.00. The summed E-state index contributed by atoms with van der Waals surface area (Å²) < 4.78 is 24.4. The Morgan fingerprint density at radius 1 is 1.14 bits per heavy atom. The highest BCUT2D eigenvalue weighted by atomic mass is 19.1. The predicted molar refractivity (Wildman–Crippen MR) is 125 cm³/mol. The lowest BCUT2D eigenvalue weighted by atomic mass is 9.75. The molecule has 1 saturated carbocycles. The fourth-order valence-corrected chi connectivity index (χ4v) is 5.44. The van der Waals surface area contributed by atoms with E-state index < -0.39 is 0 Å². The normalized spacial score (nSPS) is 28.0. The van der Waals surface area contributed by atoms with Crippen molar-refractivity contribution >= 4 is 11.8 Å². The van der Waals surface area contributed by atoms with Crippen LogP contribution < -0.4 is 31.1 Å². The Kier molecular flexibility index (Phi) is 6.59. The highest BCUT2D eigenvalue weighted by Gasteiger charge is 2.51. The van der Waals surface area contributed by atoms with Crippen molar-refractivity contribution in [2.45, 2.75) is 44.1 Å². The van der Waals surface area contributed by atoms with E-state index in [-0.39, 0.29) is 47.7 Å². The molecule has 3 fully saturated rings. The zero-order valence-electron chi connectivity index (χ0n) is 19.7. The summed E-state index contributed by atoms with van der Waals surface area (Å²) in [4.78, 5) is 26.0. The first-order valence-electron chi connectivity index (χ1n) is 11.8. The molecule has 0 spiro atoms. The van der Waals surface area contributed by atoms with Crippen LogP contribution in [0.3, 0.4) is 0 Å². The molecule has 2 aliphatic heterocycles. The quantitative estimate of drug-likeness (QED) is 0.497. The molecule has 5 rings (SSSR count). The zero-order chi connectivity index (χ0) is 24.5. The number of fused-ring (bicyclic) bond motifs is 3. The van der Waals surface area contributed by atoms with Crippen molar-refractivity contribution in [2.24, 2.45) is 11.8 Å². The van der Waals surface area contributed by atoms with Gasteiger partial charge in [0.2, 0.25) is 11.8 Å². The maximum Gasteiger partial charge on any atom is 0.226 e. The van der Waals surface area contributed by atoms with Crippen LogP contribution in [0.4, 0.5) is 4.39 Å². The molecule has 3 aliphatic rings. The van der Waals surface area contributed by atoms with Crippen LogP contribution in [0.2, 0.25) is 0 Å². The van der Waals surface area contributed by atoms with Gasteiger partial charge in [0.15, 0.2) is 11.5 Å². The summed E-state index contributed by atoms with van der Waals surface area (Å²) in [5, 5.41) is 8.09. The second-order valence-corrected chi connectivity index (χ2v) is 9.24. The Bertz CT molecular complexity index is 1120. The molecule has 5 unspecified atom stereocenters. The molecule has 4 N–H and O–H groups in total. The monoisotopic (exact) mass is 483 g/mol. The fraction of sp³-hybridized carbons (Fsp3) is 0.440. The average molecular weight is 484 g/mol. The van der Waals surface area contributed by atoms with E-state index in [0.717, 1.165) is 11.1 Å². The van der Waals surface area contributed by atoms with Crippen molar-refractivity contribution in [2.75, 3.05) is 14.2 Å². The third-order valence-electron chi connectivity index (χ3n) is 7.26. The minimum Gasteiger partial charge on any atom is -0.493 e. The number of ether oxygens (including phenoxy) is 2. The van der Waals surface area contributed by atoms with Gasteiger partial charge in [0.25, 0.3) is 0 Å². The van der Waals surface area contributed by atoms with Gasteiger partial charge in [-0.15, -0.1) is 0 Å². The summed E-state index contributed by atoms with van der Waals surface area (Å²) in [5.74, 6) is 0.446. The summed E-state index contributed by atoms with van der Waals surface area (Å²) in [7, 11) is 3.16. The van der Waals surface area contributed by atoms with Gasteiger partial charge in [-0.1, -0.05) is 18.2 Å². The van der Waals surface area contributed by atoms with Crippen molar-refractivity contribution in [3.63, 3.8) is 0 Å². The van der Waals surface area contributed by atoms with Crippen LogP contribution in [0.5, 0.6) is 11.5 Å². The molecular weight excluding hydrogens is 453 g/mol. The van der Waals surface area contributed by atoms with E-state index >= 15 is 0 Å². The number of carbonyl (C=O) groups excluding carboxylic acids is 2. The van der Waals surface area contributed by atoms with Crippen LogP contribution in [0.25, 0.3) is 0 Å². The number of amides is 2. The highest BCUT2D eigenvalue weighted by Crippen LogP contribution is 2.39. The van der Waals surface area contributed by atoms with Gasteiger partial charge in [0, 0.05) is 18.5 Å². The minimum absolute atomic E-state index is 0.0210. The van der Waals surface area contributed by atoms with Gasteiger partial charge >= 0.3 is 0 Å². The molecule has 0 radical (unpaired) electrons. The van der Waals surface area contributed by atoms with E-state index in [0.29, 0.717) is 37.3 Å². The number of hydrogen-bond acceptors (Lipinski definition) is 7. The lowest BCUT2D eigenvalue weighted by molar-refractivity contribution is -0.143. The largest absolute Gasteiger partial charge is 0.493 e. The van der Waals surface area contributed by atoms with Gasteiger partial charge in [-0.3, -0.25) is 9.59 Å². The summed E-state index contributed by atoms with van der Waals surface area (Å²) in [6.45, 7) is 0.373. The van der Waals surface area contributed by atoms with Gasteiger partial charge in [0.05, 0.1) is 26.2 Å². The number of benzene rings is 2. The van der Waals surface area contributed by atoms with Crippen molar-refractivity contribution in [3.8, 4) is 11.5 Å². The topological polar surface area (TPSA) is 104 Å². The lowest BCUT2D eigenvalue weighted by Gasteiger charge is -2.46. The molecule has 2 aromatic carbocycles. The summed E-state index contributed by atoms with van der Waals surface area (Å²) in [6.07, 6.45) is 1.45. The van der Waals surface area contributed by atoms with Gasteiger partial charge in [-0.25, -0.2) is 14.8 Å². The van der Waals surface area contributed by atoms with E-state index in [1.54, 1.807) is 20.3 Å². The number of nitrogens with one attached hydrogen (secondary N) is 4. The van der Waals surface area contributed by atoms with Gasteiger partial charge in [-0.05, 0) is 54.7 Å². The fourth-order valence-electron chi connectivity index (χ4n) is 5.44. The van der Waals surface area contributed by atoms with Crippen LogP contribution in [-0.2, 0) is 16.1 Å². The predicted octanol–water partition coefficient (Wildman–Crippen LogP) is 1.77. The number of halogens is 1. The second kappa shape index (κ2) is 9.80.